The van der Waals surface area contributed by atoms with Crippen LogP contribution < -0.4 is 0 Å². The summed E-state index contributed by atoms with van der Waals surface area (Å²) in [6.45, 7) is 20.5. The fourth-order valence-corrected chi connectivity index (χ4v) is 7.34. The molecule has 0 saturated heterocycles. The van der Waals surface area contributed by atoms with E-state index in [1.807, 2.05) is 0 Å². The van der Waals surface area contributed by atoms with E-state index in [0.29, 0.717) is 12.1 Å². The van der Waals surface area contributed by atoms with Gasteiger partial charge in [-0.3, -0.25) is 0 Å². The summed E-state index contributed by atoms with van der Waals surface area (Å²) in [6.07, 6.45) is -4.84. The first kappa shape index (κ1) is 36.4. The summed E-state index contributed by atoms with van der Waals surface area (Å²) in [6, 6.07) is 31.1. The van der Waals surface area contributed by atoms with E-state index in [1.165, 1.54) is 31.4 Å². The molecule has 8 heteroatoms. The highest BCUT2D eigenvalue weighted by atomic mass is 32.2. The van der Waals surface area contributed by atoms with Crippen LogP contribution >= 0.6 is 0 Å². The summed E-state index contributed by atoms with van der Waals surface area (Å²) in [4.78, 5) is 2.88. The summed E-state index contributed by atoms with van der Waals surface area (Å²) in [7, 11) is -5.21. The van der Waals surface area contributed by atoms with Crippen molar-refractivity contribution in [2.45, 2.75) is 104 Å². The zero-order valence-electron chi connectivity index (χ0n) is 27.4. The van der Waals surface area contributed by atoms with Gasteiger partial charge in [0.25, 0.3) is 0 Å². The van der Waals surface area contributed by atoms with Crippen molar-refractivity contribution in [2.24, 2.45) is 0 Å². The van der Waals surface area contributed by atoms with E-state index in [-0.39, 0.29) is 27.1 Å². The first-order valence-electron chi connectivity index (χ1n) is 14.7. The molecular weight excluding hydrogens is 614 g/mol. The molecule has 0 spiro atoms. The van der Waals surface area contributed by atoms with E-state index < -0.39 is 26.8 Å². The number of hydrogen-bond donors (Lipinski definition) is 0. The third-order valence-corrected chi connectivity index (χ3v) is 10.5. The van der Waals surface area contributed by atoms with Gasteiger partial charge in [0.1, 0.15) is 10.1 Å². The normalized spacial score (nSPS) is 12.9. The maximum absolute atomic E-state index is 12.2. The van der Waals surface area contributed by atoms with Crippen LogP contribution in [0.1, 0.15) is 84.6 Å². The minimum Gasteiger partial charge on any atom is -0.744 e. The average Bonchev–Trinajstić information content (AvgIpc) is 2.92. The molecule has 3 nitrogen and oxygen atoms in total. The third kappa shape index (κ3) is 9.71. The number of halogens is 3. The number of alkyl halides is 3. The van der Waals surface area contributed by atoms with Crippen LogP contribution in [0.4, 0.5) is 13.2 Å². The molecule has 4 rings (SSSR count). The second kappa shape index (κ2) is 13.3. The molecule has 0 aliphatic heterocycles. The van der Waals surface area contributed by atoms with E-state index >= 15 is 0 Å². The molecule has 0 amide bonds. The van der Waals surface area contributed by atoms with Gasteiger partial charge in [-0.25, -0.2) is 8.42 Å². The van der Waals surface area contributed by atoms with E-state index in [9.17, 15) is 26.1 Å². The highest BCUT2D eigenvalue weighted by Crippen LogP contribution is 2.36. The monoisotopic (exact) mass is 656 g/mol. The minimum atomic E-state index is -5.09. The Hall–Kier alpha value is -3.07. The number of hydrogen-bond acceptors (Lipinski definition) is 3. The lowest BCUT2D eigenvalue weighted by Crippen LogP contribution is -2.13. The summed E-state index contributed by atoms with van der Waals surface area (Å²) in [5, 5.41) is 0. The van der Waals surface area contributed by atoms with Gasteiger partial charge >= 0.3 is 6.18 Å². The Morgan fingerprint density at radius 3 is 1.02 bits per heavy atom. The van der Waals surface area contributed by atoms with Gasteiger partial charge in [0.15, 0.2) is 14.7 Å². The third-order valence-electron chi connectivity index (χ3n) is 7.33. The van der Waals surface area contributed by atoms with E-state index in [0.717, 1.165) is 12.1 Å². The van der Waals surface area contributed by atoms with Gasteiger partial charge in [-0.05, 0) is 81.5 Å². The molecule has 0 aliphatic carbocycles. The topological polar surface area (TPSA) is 57.2 Å². The second-order valence-corrected chi connectivity index (χ2v) is 17.5. The maximum atomic E-state index is 12.2. The van der Waals surface area contributed by atoms with Crippen LogP contribution in [0.2, 0.25) is 0 Å². The number of rotatable bonds is 4. The van der Waals surface area contributed by atoms with Crippen molar-refractivity contribution in [1.82, 2.24) is 0 Å². The fraction of sp³-hybridized carbons (Fsp3) is 0.351. The largest absolute Gasteiger partial charge is 0.744 e. The lowest BCUT2D eigenvalue weighted by Gasteiger charge is -2.21. The van der Waals surface area contributed by atoms with E-state index in [1.54, 1.807) is 0 Å². The first-order chi connectivity index (χ1) is 20.5. The SMILES string of the molecule is CC(C)(C)c1ccc([S+](c2ccc(C(C)(C)C)cc2)c2ccc(C(C)(C)C)cc2)cc1.O=S(=O)([O-])c1ccccc1C(F)(F)F. The smallest absolute Gasteiger partial charge is 0.417 e. The molecule has 0 bridgehead atoms. The molecule has 242 valence electrons. The first-order valence-corrected chi connectivity index (χ1v) is 17.3. The van der Waals surface area contributed by atoms with Crippen LogP contribution in [0.15, 0.2) is 117 Å². The summed E-state index contributed by atoms with van der Waals surface area (Å²) in [5.41, 5.74) is 3.21. The maximum Gasteiger partial charge on any atom is 0.417 e. The summed E-state index contributed by atoms with van der Waals surface area (Å²) < 4.78 is 67.9. The molecule has 45 heavy (non-hydrogen) atoms. The van der Waals surface area contributed by atoms with Crippen molar-refractivity contribution >= 4 is 21.0 Å². The Balaban J connectivity index is 0.000000330. The molecule has 4 aromatic rings. The van der Waals surface area contributed by atoms with Crippen molar-refractivity contribution in [3.8, 4) is 0 Å². The highest BCUT2D eigenvalue weighted by Gasteiger charge is 2.34. The predicted octanol–water partition coefficient (Wildman–Crippen LogP) is 10.3. The molecule has 0 N–H and O–H groups in total. The zero-order valence-corrected chi connectivity index (χ0v) is 29.0. The van der Waals surface area contributed by atoms with Gasteiger partial charge in [0.2, 0.25) is 0 Å². The molecular formula is C37H43F3O3S2. The molecule has 0 fully saturated rings. The van der Waals surface area contributed by atoms with Gasteiger partial charge in [-0.2, -0.15) is 13.2 Å². The lowest BCUT2D eigenvalue weighted by atomic mass is 9.87. The van der Waals surface area contributed by atoms with Crippen LogP contribution in [-0.2, 0) is 43.4 Å². The van der Waals surface area contributed by atoms with Crippen molar-refractivity contribution in [3.05, 3.63) is 119 Å². The van der Waals surface area contributed by atoms with Gasteiger partial charge in [-0.1, -0.05) is 111 Å². The standard InChI is InChI=1S/C30H39S.C7H5F3O3S/c1-28(2,3)22-10-16-25(17-11-22)31(26-18-12-23(13-19-26)29(4,5)6)27-20-14-24(15-21-27)30(7,8)9;8-7(9,10)5-3-1-2-4-6(5)14(11,12)13/h10-21H,1-9H3;1-4H,(H,11,12,13)/q+1;/p-1. The van der Waals surface area contributed by atoms with Crippen LogP contribution in [0.3, 0.4) is 0 Å². The lowest BCUT2D eigenvalue weighted by molar-refractivity contribution is -0.140. The summed E-state index contributed by atoms with van der Waals surface area (Å²) >= 11 is 0. The average molecular weight is 657 g/mol. The molecule has 0 atom stereocenters. The Morgan fingerprint density at radius 2 is 0.800 bits per heavy atom. The van der Waals surface area contributed by atoms with Crippen molar-refractivity contribution in [3.63, 3.8) is 0 Å². The second-order valence-electron chi connectivity index (χ2n) is 14.1. The van der Waals surface area contributed by atoms with Gasteiger partial charge in [0.05, 0.1) is 21.4 Å². The predicted molar refractivity (Wildman–Crippen MR) is 177 cm³/mol. The molecule has 0 aromatic heterocycles. The van der Waals surface area contributed by atoms with Crippen molar-refractivity contribution in [1.29, 1.82) is 0 Å². The highest BCUT2D eigenvalue weighted by molar-refractivity contribution is 7.97. The molecule has 0 aliphatic rings. The Labute approximate surface area is 270 Å². The van der Waals surface area contributed by atoms with Crippen LogP contribution in [0, 0.1) is 0 Å². The van der Waals surface area contributed by atoms with Crippen molar-refractivity contribution in [2.75, 3.05) is 0 Å². The van der Waals surface area contributed by atoms with E-state index in [2.05, 4.69) is 135 Å². The quantitative estimate of drug-likeness (QED) is 0.162. The van der Waals surface area contributed by atoms with Crippen molar-refractivity contribution < 1.29 is 26.1 Å². The van der Waals surface area contributed by atoms with E-state index in [4.69, 9.17) is 0 Å². The molecule has 0 heterocycles. The number of benzene rings is 4. The van der Waals surface area contributed by atoms with Crippen LogP contribution in [0.25, 0.3) is 0 Å². The molecule has 0 radical (unpaired) electrons. The van der Waals surface area contributed by atoms with Crippen LogP contribution in [-0.4, -0.2) is 13.0 Å². The molecule has 0 saturated carbocycles. The Kier molecular flexibility index (Phi) is 10.8. The Bertz CT molecular complexity index is 1530. The molecule has 4 aromatic carbocycles. The summed E-state index contributed by atoms with van der Waals surface area (Å²) in [5.74, 6) is 0. The fourth-order valence-electron chi connectivity index (χ4n) is 4.60. The van der Waals surface area contributed by atoms with Gasteiger partial charge in [0, 0.05) is 0 Å². The van der Waals surface area contributed by atoms with Gasteiger partial charge in [-0.15, -0.1) is 0 Å². The zero-order chi connectivity index (χ0) is 34.0. The molecule has 0 unspecified atom stereocenters. The van der Waals surface area contributed by atoms with Gasteiger partial charge < -0.3 is 4.55 Å². The van der Waals surface area contributed by atoms with Crippen LogP contribution in [0.5, 0.6) is 0 Å². The minimum absolute atomic E-state index is 0.120. The Morgan fingerprint density at radius 1 is 0.511 bits per heavy atom.